The maximum absolute atomic E-state index is 5.31. The summed E-state index contributed by atoms with van der Waals surface area (Å²) in [5.74, 6) is 1.40. The van der Waals surface area contributed by atoms with Crippen LogP contribution in [-0.2, 0) is 6.42 Å². The van der Waals surface area contributed by atoms with Crippen molar-refractivity contribution < 1.29 is 0 Å². The van der Waals surface area contributed by atoms with E-state index in [1.807, 2.05) is 0 Å². The van der Waals surface area contributed by atoms with E-state index in [1.165, 1.54) is 34.3 Å². The van der Waals surface area contributed by atoms with Gasteiger partial charge in [0.15, 0.2) is 0 Å². The first-order valence-electron chi connectivity index (χ1n) is 14.4. The minimum atomic E-state index is 0.699. The molecule has 1 aliphatic heterocycles. The number of aliphatic imine (C=N–C) groups is 1. The van der Waals surface area contributed by atoms with Gasteiger partial charge in [0, 0.05) is 24.5 Å². The summed E-state index contributed by atoms with van der Waals surface area (Å²) >= 11 is 0. The lowest BCUT2D eigenvalue weighted by molar-refractivity contribution is 0.204. The lowest BCUT2D eigenvalue weighted by Gasteiger charge is -2.38. The molecule has 2 nitrogen and oxygen atoms in total. The summed E-state index contributed by atoms with van der Waals surface area (Å²) in [5, 5.41) is 0. The molecule has 2 rings (SSSR count). The molecule has 0 amide bonds. The van der Waals surface area contributed by atoms with Crippen LogP contribution in [0.2, 0.25) is 0 Å². The van der Waals surface area contributed by atoms with Crippen LogP contribution in [0.15, 0.2) is 70.8 Å². The highest BCUT2D eigenvalue weighted by Gasteiger charge is 2.24. The highest BCUT2D eigenvalue weighted by Crippen LogP contribution is 2.33. The van der Waals surface area contributed by atoms with Gasteiger partial charge in [0.25, 0.3) is 0 Å². The Kier molecular flexibility index (Phi) is 11.9. The highest BCUT2D eigenvalue weighted by atomic mass is 15.1. The van der Waals surface area contributed by atoms with Crippen molar-refractivity contribution in [3.05, 3.63) is 82.5 Å². The van der Waals surface area contributed by atoms with Gasteiger partial charge in [-0.15, -0.1) is 0 Å². The van der Waals surface area contributed by atoms with Crippen molar-refractivity contribution in [1.82, 2.24) is 4.90 Å². The number of aryl methyl sites for hydroxylation is 1. The lowest BCUT2D eigenvalue weighted by atomic mass is 9.90. The summed E-state index contributed by atoms with van der Waals surface area (Å²) in [7, 11) is 0. The van der Waals surface area contributed by atoms with Crippen molar-refractivity contribution in [3.63, 3.8) is 0 Å². The van der Waals surface area contributed by atoms with Crippen LogP contribution in [0, 0.1) is 18.8 Å². The zero-order valence-corrected chi connectivity index (χ0v) is 25.3. The van der Waals surface area contributed by atoms with E-state index in [1.54, 1.807) is 0 Å². The molecule has 1 heterocycles. The van der Waals surface area contributed by atoms with Crippen LogP contribution >= 0.6 is 0 Å². The predicted molar refractivity (Wildman–Crippen MR) is 167 cm³/mol. The van der Waals surface area contributed by atoms with Crippen molar-refractivity contribution in [2.75, 3.05) is 13.1 Å². The van der Waals surface area contributed by atoms with Crippen LogP contribution in [0.5, 0.6) is 0 Å². The quantitative estimate of drug-likeness (QED) is 0.218. The Bertz CT molecular complexity index is 1080. The number of allylic oxidation sites excluding steroid dienone is 7. The molecule has 0 bridgehead atoms. The molecule has 0 aromatic heterocycles. The van der Waals surface area contributed by atoms with Gasteiger partial charge in [-0.3, -0.25) is 4.99 Å². The molecule has 202 valence electrons. The number of nitrogens with zero attached hydrogens (tertiary/aromatic N) is 2. The highest BCUT2D eigenvalue weighted by molar-refractivity contribution is 6.02. The van der Waals surface area contributed by atoms with Crippen molar-refractivity contribution in [2.24, 2.45) is 16.8 Å². The molecule has 0 saturated carbocycles. The molecule has 37 heavy (non-hydrogen) atoms. The predicted octanol–water partition coefficient (Wildman–Crippen LogP) is 10.2. The summed E-state index contributed by atoms with van der Waals surface area (Å²) in [6, 6.07) is 4.61. The largest absolute Gasteiger partial charge is 0.371 e. The molecule has 2 unspecified atom stereocenters. The molecule has 1 aliphatic rings. The van der Waals surface area contributed by atoms with Gasteiger partial charge in [-0.05, 0) is 111 Å². The van der Waals surface area contributed by atoms with Crippen LogP contribution in [0.1, 0.15) is 97.8 Å². The maximum atomic E-state index is 5.31. The van der Waals surface area contributed by atoms with E-state index >= 15 is 0 Å². The summed E-state index contributed by atoms with van der Waals surface area (Å²) < 4.78 is 0. The van der Waals surface area contributed by atoms with Crippen LogP contribution in [0.4, 0.5) is 5.69 Å². The third-order valence-corrected chi connectivity index (χ3v) is 7.62. The third-order valence-electron chi connectivity index (χ3n) is 7.62. The van der Waals surface area contributed by atoms with Gasteiger partial charge in [0.05, 0.1) is 5.69 Å². The number of benzene rings is 1. The number of likely N-dealkylation sites (tertiary alicyclic amines) is 1. The maximum Gasteiger partial charge on any atom is 0.0671 e. The molecule has 1 aromatic rings. The molecule has 0 radical (unpaired) electrons. The zero-order valence-electron chi connectivity index (χ0n) is 25.3. The SMILES string of the molecule is C=C(C)C(=C\C=C(/C)CC)/C=C(C)/C(CCC)=N/c1cc(C(=C)N2CC(C)CC(C)C2)cc(CC)c1C. The molecule has 2 heteroatoms. The molecule has 0 aliphatic carbocycles. The smallest absolute Gasteiger partial charge is 0.0671 e. The fourth-order valence-electron chi connectivity index (χ4n) is 5.18. The van der Waals surface area contributed by atoms with Gasteiger partial charge in [-0.2, -0.15) is 0 Å². The van der Waals surface area contributed by atoms with E-state index in [0.717, 1.165) is 67.0 Å². The van der Waals surface area contributed by atoms with Crippen LogP contribution in [0.3, 0.4) is 0 Å². The summed E-state index contributed by atoms with van der Waals surface area (Å²) in [6.07, 6.45) is 12.0. The van der Waals surface area contributed by atoms with Gasteiger partial charge in [0.2, 0.25) is 0 Å². The molecule has 1 fully saturated rings. The van der Waals surface area contributed by atoms with E-state index < -0.39 is 0 Å². The van der Waals surface area contributed by atoms with E-state index in [0.29, 0.717) is 11.8 Å². The Morgan fingerprint density at radius 3 is 2.22 bits per heavy atom. The fourth-order valence-corrected chi connectivity index (χ4v) is 5.18. The number of rotatable bonds is 11. The Labute approximate surface area is 228 Å². The molecule has 1 aromatic carbocycles. The lowest BCUT2D eigenvalue weighted by Crippen LogP contribution is -2.37. The van der Waals surface area contributed by atoms with Crippen LogP contribution < -0.4 is 0 Å². The van der Waals surface area contributed by atoms with Gasteiger partial charge in [0.1, 0.15) is 0 Å². The van der Waals surface area contributed by atoms with Crippen molar-refractivity contribution >= 4 is 17.1 Å². The minimum absolute atomic E-state index is 0.699. The standard InChI is InChI=1S/C35H52N2/c1-12-15-34(28(9)19-32(24(4)5)17-16-25(6)13-2)36-35-21-33(20-31(14-3)29(35)10)30(11)37-22-26(7)18-27(8)23-37/h16-17,19-21,26-27H,4,11-15,18,22-23H2,1-3,5-10H3/b25-16+,28-19+,32-17-,36-34+. The van der Waals surface area contributed by atoms with Gasteiger partial charge < -0.3 is 4.90 Å². The fraction of sp³-hybridized carbons (Fsp3) is 0.514. The second kappa shape index (κ2) is 14.4. The second-order valence-electron chi connectivity index (χ2n) is 11.3. The minimum Gasteiger partial charge on any atom is -0.371 e. The average molecular weight is 501 g/mol. The summed E-state index contributed by atoms with van der Waals surface area (Å²) in [6.45, 7) is 31.0. The van der Waals surface area contributed by atoms with Gasteiger partial charge in [-0.25, -0.2) is 0 Å². The molecular weight excluding hydrogens is 448 g/mol. The van der Waals surface area contributed by atoms with Crippen molar-refractivity contribution in [1.29, 1.82) is 0 Å². The van der Waals surface area contributed by atoms with Gasteiger partial charge in [-0.1, -0.05) is 77.5 Å². The Hall–Kier alpha value is -2.61. The summed E-state index contributed by atoms with van der Waals surface area (Å²) in [5.41, 5.74) is 12.0. The van der Waals surface area contributed by atoms with E-state index in [2.05, 4.69) is 111 Å². The first-order valence-corrected chi connectivity index (χ1v) is 14.4. The normalized spacial score (nSPS) is 19.9. The zero-order chi connectivity index (χ0) is 27.7. The Morgan fingerprint density at radius 2 is 1.68 bits per heavy atom. The van der Waals surface area contributed by atoms with Gasteiger partial charge >= 0.3 is 0 Å². The Morgan fingerprint density at radius 1 is 1.03 bits per heavy atom. The molecule has 0 spiro atoms. The van der Waals surface area contributed by atoms with Crippen LogP contribution in [-0.4, -0.2) is 23.7 Å². The first-order chi connectivity index (χ1) is 17.5. The third kappa shape index (κ3) is 8.73. The topological polar surface area (TPSA) is 15.6 Å². The monoisotopic (exact) mass is 500 g/mol. The number of hydrogen-bond acceptors (Lipinski definition) is 2. The van der Waals surface area contributed by atoms with Crippen molar-refractivity contribution in [3.8, 4) is 0 Å². The van der Waals surface area contributed by atoms with E-state index in [-0.39, 0.29) is 0 Å². The molecular formula is C35H52N2. The van der Waals surface area contributed by atoms with Crippen molar-refractivity contribution in [2.45, 2.75) is 94.4 Å². The van der Waals surface area contributed by atoms with E-state index in [4.69, 9.17) is 4.99 Å². The number of hydrogen-bond donors (Lipinski definition) is 0. The molecule has 0 N–H and O–H groups in total. The van der Waals surface area contributed by atoms with Crippen LogP contribution in [0.25, 0.3) is 5.70 Å². The van der Waals surface area contributed by atoms with E-state index in [9.17, 15) is 0 Å². The number of piperidine rings is 1. The molecule has 1 saturated heterocycles. The Balaban J connectivity index is 2.55. The second-order valence-corrected chi connectivity index (χ2v) is 11.3. The molecule has 2 atom stereocenters. The summed E-state index contributed by atoms with van der Waals surface area (Å²) in [4.78, 5) is 7.81. The average Bonchev–Trinajstić information content (AvgIpc) is 2.85. The first kappa shape index (κ1) is 30.6.